The number of halogens is 1. The predicted molar refractivity (Wildman–Crippen MR) is 128 cm³/mol. The van der Waals surface area contributed by atoms with Gasteiger partial charge in [0, 0.05) is 61.6 Å². The van der Waals surface area contributed by atoms with Gasteiger partial charge in [-0.3, -0.25) is 9.69 Å². The maximum atomic E-state index is 12.8. The second kappa shape index (κ2) is 9.47. The Kier molecular flexibility index (Phi) is 6.26. The minimum atomic E-state index is -0.564. The summed E-state index contributed by atoms with van der Waals surface area (Å²) in [5.74, 6) is 0.653. The van der Waals surface area contributed by atoms with Gasteiger partial charge < -0.3 is 14.9 Å². The lowest BCUT2D eigenvalue weighted by molar-refractivity contribution is 0.0754. The van der Waals surface area contributed by atoms with Crippen molar-refractivity contribution in [1.82, 2.24) is 19.8 Å². The third-order valence-corrected chi connectivity index (χ3v) is 6.67. The van der Waals surface area contributed by atoms with Crippen LogP contribution in [0.5, 0.6) is 0 Å². The van der Waals surface area contributed by atoms with Gasteiger partial charge in [0.05, 0.1) is 17.8 Å². The average Bonchev–Trinajstić information content (AvgIpc) is 3.26. The number of likely N-dealkylation sites (tertiary alicyclic amines) is 1. The summed E-state index contributed by atoms with van der Waals surface area (Å²) in [6.07, 6.45) is 1.24. The smallest absolute Gasteiger partial charge is 0.253 e. The number of amides is 1. The second-order valence-corrected chi connectivity index (χ2v) is 8.92. The third kappa shape index (κ3) is 4.71. The molecular formula is C25H26ClN5O2. The minimum Gasteiger partial charge on any atom is -0.390 e. The molecule has 1 amide bonds. The molecule has 7 nitrogen and oxygen atoms in total. The van der Waals surface area contributed by atoms with E-state index in [4.69, 9.17) is 16.6 Å². The van der Waals surface area contributed by atoms with E-state index in [9.17, 15) is 9.90 Å². The first-order valence-corrected chi connectivity index (χ1v) is 11.6. The lowest BCUT2D eigenvalue weighted by Gasteiger charge is -2.38. The lowest BCUT2D eigenvalue weighted by atomic mass is 10.1. The van der Waals surface area contributed by atoms with Crippen LogP contribution in [0.25, 0.3) is 11.3 Å². The van der Waals surface area contributed by atoms with E-state index in [1.165, 1.54) is 0 Å². The lowest BCUT2D eigenvalue weighted by Crippen LogP contribution is -2.54. The van der Waals surface area contributed by atoms with Gasteiger partial charge in [-0.2, -0.15) is 0 Å². The minimum absolute atomic E-state index is 0.0695. The SMILES string of the molecule is O=C(c1ccc(Cl)cc1)N1C[C@H](O)[C@@H](N2CCN(c3nccc(-c4ccccc4)n3)CC2)C1. The average molecular weight is 464 g/mol. The van der Waals surface area contributed by atoms with E-state index >= 15 is 0 Å². The van der Waals surface area contributed by atoms with E-state index in [2.05, 4.69) is 14.8 Å². The first kappa shape index (κ1) is 21.8. The van der Waals surface area contributed by atoms with Crippen LogP contribution in [0.15, 0.2) is 66.9 Å². The molecule has 0 aliphatic carbocycles. The zero-order valence-electron chi connectivity index (χ0n) is 18.2. The number of benzene rings is 2. The summed E-state index contributed by atoms with van der Waals surface area (Å²) in [5, 5.41) is 11.3. The maximum absolute atomic E-state index is 12.8. The number of aliphatic hydroxyl groups is 1. The first-order chi connectivity index (χ1) is 16.1. The van der Waals surface area contributed by atoms with Crippen LogP contribution < -0.4 is 4.90 Å². The molecule has 170 valence electrons. The molecule has 0 saturated carbocycles. The zero-order valence-corrected chi connectivity index (χ0v) is 19.0. The molecule has 8 heteroatoms. The number of rotatable bonds is 4. The van der Waals surface area contributed by atoms with E-state index in [0.29, 0.717) is 23.7 Å². The number of aromatic nitrogens is 2. The van der Waals surface area contributed by atoms with E-state index < -0.39 is 6.10 Å². The molecule has 33 heavy (non-hydrogen) atoms. The van der Waals surface area contributed by atoms with E-state index in [0.717, 1.165) is 43.4 Å². The second-order valence-electron chi connectivity index (χ2n) is 8.48. The zero-order chi connectivity index (χ0) is 22.8. The Bertz CT molecular complexity index is 1100. The highest BCUT2D eigenvalue weighted by Crippen LogP contribution is 2.23. The van der Waals surface area contributed by atoms with Crippen LogP contribution in [0, 0.1) is 0 Å². The fraction of sp³-hybridized carbons (Fsp3) is 0.320. The summed E-state index contributed by atoms with van der Waals surface area (Å²) in [7, 11) is 0. The highest BCUT2D eigenvalue weighted by atomic mass is 35.5. The van der Waals surface area contributed by atoms with Gasteiger partial charge >= 0.3 is 0 Å². The molecule has 0 spiro atoms. The molecule has 2 saturated heterocycles. The first-order valence-electron chi connectivity index (χ1n) is 11.2. The number of carbonyl (C=O) groups is 1. The predicted octanol–water partition coefficient (Wildman–Crippen LogP) is 2.80. The molecule has 1 aromatic heterocycles. The Morgan fingerprint density at radius 3 is 2.39 bits per heavy atom. The van der Waals surface area contributed by atoms with E-state index in [1.54, 1.807) is 35.4 Å². The van der Waals surface area contributed by atoms with Crippen molar-refractivity contribution in [3.8, 4) is 11.3 Å². The van der Waals surface area contributed by atoms with Gasteiger partial charge in [0.2, 0.25) is 5.95 Å². The Hall–Kier alpha value is -3.00. The van der Waals surface area contributed by atoms with Gasteiger partial charge in [-0.1, -0.05) is 41.9 Å². The van der Waals surface area contributed by atoms with Crippen molar-refractivity contribution >= 4 is 23.5 Å². The van der Waals surface area contributed by atoms with Gasteiger partial charge in [-0.25, -0.2) is 9.97 Å². The molecule has 3 aromatic rings. The normalized spacial score (nSPS) is 21.4. The largest absolute Gasteiger partial charge is 0.390 e. The maximum Gasteiger partial charge on any atom is 0.253 e. The van der Waals surface area contributed by atoms with Gasteiger partial charge in [-0.05, 0) is 30.3 Å². The molecule has 0 bridgehead atoms. The molecule has 2 atom stereocenters. The summed E-state index contributed by atoms with van der Waals surface area (Å²) in [5.41, 5.74) is 2.57. The van der Waals surface area contributed by atoms with E-state index in [-0.39, 0.29) is 11.9 Å². The van der Waals surface area contributed by atoms with E-state index in [1.807, 2.05) is 36.4 Å². The van der Waals surface area contributed by atoms with Crippen molar-refractivity contribution < 1.29 is 9.90 Å². The van der Waals surface area contributed by atoms with Crippen molar-refractivity contribution in [2.45, 2.75) is 12.1 Å². The highest BCUT2D eigenvalue weighted by Gasteiger charge is 2.39. The fourth-order valence-corrected chi connectivity index (χ4v) is 4.72. The van der Waals surface area contributed by atoms with Crippen LogP contribution in [-0.4, -0.2) is 82.2 Å². The van der Waals surface area contributed by atoms with Gasteiger partial charge in [-0.15, -0.1) is 0 Å². The van der Waals surface area contributed by atoms with Crippen molar-refractivity contribution in [2.75, 3.05) is 44.2 Å². The standard InChI is InChI=1S/C25H26ClN5O2/c26-20-8-6-19(7-9-20)24(33)31-16-22(23(32)17-31)29-12-14-30(15-13-29)25-27-11-10-21(28-25)18-4-2-1-3-5-18/h1-11,22-23,32H,12-17H2/t22-,23-/m0/s1. The molecule has 1 N–H and O–H groups in total. The van der Waals surface area contributed by atoms with Crippen molar-refractivity contribution in [3.63, 3.8) is 0 Å². The van der Waals surface area contributed by atoms with Crippen LogP contribution in [-0.2, 0) is 0 Å². The molecular weight excluding hydrogens is 438 g/mol. The molecule has 3 heterocycles. The number of nitrogens with zero attached hydrogens (tertiary/aromatic N) is 5. The Morgan fingerprint density at radius 1 is 0.939 bits per heavy atom. The third-order valence-electron chi connectivity index (χ3n) is 6.42. The number of aliphatic hydroxyl groups excluding tert-OH is 1. The molecule has 2 aromatic carbocycles. The number of β-amino-alcohol motifs (C(OH)–C–C–N with tert-alkyl or cyclic N) is 1. The topological polar surface area (TPSA) is 72.8 Å². The Balaban J connectivity index is 1.21. The molecule has 0 unspecified atom stereocenters. The summed E-state index contributed by atoms with van der Waals surface area (Å²) in [6, 6.07) is 18.8. The Labute approximate surface area is 198 Å². The molecule has 2 fully saturated rings. The molecule has 2 aliphatic rings. The van der Waals surface area contributed by atoms with Gasteiger partial charge in [0.1, 0.15) is 0 Å². The van der Waals surface area contributed by atoms with Crippen LogP contribution in [0.4, 0.5) is 5.95 Å². The molecule has 0 radical (unpaired) electrons. The summed E-state index contributed by atoms with van der Waals surface area (Å²) in [4.78, 5) is 28.3. The van der Waals surface area contributed by atoms with Crippen LogP contribution >= 0.6 is 11.6 Å². The van der Waals surface area contributed by atoms with Crippen molar-refractivity contribution in [3.05, 3.63) is 77.4 Å². The number of carbonyl (C=O) groups excluding carboxylic acids is 1. The van der Waals surface area contributed by atoms with Crippen LogP contribution in [0.1, 0.15) is 10.4 Å². The number of piperazine rings is 1. The molecule has 5 rings (SSSR count). The van der Waals surface area contributed by atoms with Crippen molar-refractivity contribution in [2.24, 2.45) is 0 Å². The van der Waals surface area contributed by atoms with Crippen molar-refractivity contribution in [1.29, 1.82) is 0 Å². The summed E-state index contributed by atoms with van der Waals surface area (Å²) < 4.78 is 0. The van der Waals surface area contributed by atoms with Gasteiger partial charge in [0.25, 0.3) is 5.91 Å². The monoisotopic (exact) mass is 463 g/mol. The number of hydrogen-bond donors (Lipinski definition) is 1. The quantitative estimate of drug-likeness (QED) is 0.641. The summed E-state index contributed by atoms with van der Waals surface area (Å²) >= 11 is 5.94. The molecule has 2 aliphatic heterocycles. The highest BCUT2D eigenvalue weighted by molar-refractivity contribution is 6.30. The van der Waals surface area contributed by atoms with Crippen LogP contribution in [0.2, 0.25) is 5.02 Å². The summed E-state index contributed by atoms with van der Waals surface area (Å²) in [6.45, 7) is 3.96. The number of anilines is 1. The number of hydrogen-bond acceptors (Lipinski definition) is 6. The van der Waals surface area contributed by atoms with Crippen LogP contribution in [0.3, 0.4) is 0 Å². The Morgan fingerprint density at radius 2 is 1.67 bits per heavy atom. The van der Waals surface area contributed by atoms with Gasteiger partial charge in [0.15, 0.2) is 0 Å². The fourth-order valence-electron chi connectivity index (χ4n) is 4.59.